The summed E-state index contributed by atoms with van der Waals surface area (Å²) in [6.07, 6.45) is 5.41. The van der Waals surface area contributed by atoms with Crippen LogP contribution in [0.4, 0.5) is 0 Å². The molecule has 7 heteroatoms. The van der Waals surface area contributed by atoms with Crippen LogP contribution in [0.25, 0.3) is 5.69 Å². The number of aromatic nitrogens is 3. The Morgan fingerprint density at radius 1 is 1.36 bits per heavy atom. The molecule has 2 aromatic heterocycles. The van der Waals surface area contributed by atoms with Crippen molar-refractivity contribution >= 4 is 17.5 Å². The van der Waals surface area contributed by atoms with E-state index >= 15 is 0 Å². The Hall–Kier alpha value is -2.86. The highest BCUT2D eigenvalue weighted by molar-refractivity contribution is 6.31. The van der Waals surface area contributed by atoms with Crippen molar-refractivity contribution in [1.29, 1.82) is 0 Å². The maximum absolute atomic E-state index is 12.9. The van der Waals surface area contributed by atoms with E-state index in [0.717, 1.165) is 35.3 Å². The normalized spacial score (nSPS) is 13.4. The summed E-state index contributed by atoms with van der Waals surface area (Å²) in [5.74, 6) is 0.698. The van der Waals surface area contributed by atoms with Crippen molar-refractivity contribution in [3.63, 3.8) is 0 Å². The number of benzene rings is 1. The van der Waals surface area contributed by atoms with Crippen LogP contribution in [-0.2, 0) is 6.54 Å². The molecule has 144 valence electrons. The average molecular weight is 397 g/mol. The number of carbonyl (C=O) groups is 1. The van der Waals surface area contributed by atoms with Gasteiger partial charge in [-0.1, -0.05) is 23.7 Å². The third-order valence-corrected chi connectivity index (χ3v) is 5.31. The summed E-state index contributed by atoms with van der Waals surface area (Å²) >= 11 is 6.29. The lowest BCUT2D eigenvalue weighted by molar-refractivity contribution is 0.0949. The first kappa shape index (κ1) is 18.5. The molecule has 0 radical (unpaired) electrons. The van der Waals surface area contributed by atoms with Crippen molar-refractivity contribution in [3.05, 3.63) is 70.1 Å². The lowest BCUT2D eigenvalue weighted by atomic mass is 10.1. The number of methoxy groups -OCH3 is 1. The first-order chi connectivity index (χ1) is 13.6. The molecule has 1 aliphatic rings. The number of amides is 1. The molecule has 0 aliphatic heterocycles. The van der Waals surface area contributed by atoms with Gasteiger partial charge in [0, 0.05) is 29.2 Å². The number of nitrogens with one attached hydrogen (secondary N) is 1. The SMILES string of the molecule is COc1ncccc1CNC(=O)c1cnn(-c2ccc(C)c(Cl)c2)c1C1CC1. The van der Waals surface area contributed by atoms with Crippen LogP contribution >= 0.6 is 11.6 Å². The lowest BCUT2D eigenvalue weighted by Crippen LogP contribution is -2.24. The molecule has 6 nitrogen and oxygen atoms in total. The predicted molar refractivity (Wildman–Crippen MR) is 107 cm³/mol. The molecule has 4 rings (SSSR count). The maximum Gasteiger partial charge on any atom is 0.255 e. The minimum Gasteiger partial charge on any atom is -0.481 e. The number of halogens is 1. The Bertz CT molecular complexity index is 1030. The Balaban J connectivity index is 1.60. The summed E-state index contributed by atoms with van der Waals surface area (Å²) in [6, 6.07) is 9.52. The van der Waals surface area contributed by atoms with Crippen LogP contribution in [0.3, 0.4) is 0 Å². The van der Waals surface area contributed by atoms with Gasteiger partial charge in [-0.15, -0.1) is 0 Å². The van der Waals surface area contributed by atoms with Crippen LogP contribution < -0.4 is 10.1 Å². The van der Waals surface area contributed by atoms with E-state index in [1.54, 1.807) is 19.5 Å². The Labute approximate surface area is 168 Å². The van der Waals surface area contributed by atoms with Crippen LogP contribution in [-0.4, -0.2) is 27.8 Å². The molecule has 0 saturated heterocycles. The van der Waals surface area contributed by atoms with Gasteiger partial charge >= 0.3 is 0 Å². The molecule has 1 saturated carbocycles. The molecule has 1 N–H and O–H groups in total. The van der Waals surface area contributed by atoms with Crippen molar-refractivity contribution in [2.75, 3.05) is 7.11 Å². The van der Waals surface area contributed by atoms with Gasteiger partial charge < -0.3 is 10.1 Å². The van der Waals surface area contributed by atoms with Crippen LogP contribution in [0, 0.1) is 6.92 Å². The second kappa shape index (κ2) is 7.64. The van der Waals surface area contributed by atoms with Gasteiger partial charge in [-0.05, 0) is 43.5 Å². The number of aryl methyl sites for hydroxylation is 1. The van der Waals surface area contributed by atoms with Gasteiger partial charge in [0.25, 0.3) is 5.91 Å². The number of rotatable bonds is 6. The number of carbonyl (C=O) groups excluding carboxylic acids is 1. The summed E-state index contributed by atoms with van der Waals surface area (Å²) in [7, 11) is 1.57. The van der Waals surface area contributed by atoms with Crippen molar-refractivity contribution < 1.29 is 9.53 Å². The van der Waals surface area contributed by atoms with E-state index in [4.69, 9.17) is 16.3 Å². The number of hydrogen-bond donors (Lipinski definition) is 1. The van der Waals surface area contributed by atoms with E-state index in [1.165, 1.54) is 0 Å². The highest BCUT2D eigenvalue weighted by Gasteiger charge is 2.33. The van der Waals surface area contributed by atoms with Crippen LogP contribution in [0.1, 0.15) is 45.9 Å². The first-order valence-corrected chi connectivity index (χ1v) is 9.56. The molecule has 1 amide bonds. The monoisotopic (exact) mass is 396 g/mol. The molecular formula is C21H21ClN4O2. The molecule has 0 bridgehead atoms. The van der Waals surface area contributed by atoms with Gasteiger partial charge in [-0.2, -0.15) is 5.10 Å². The lowest BCUT2D eigenvalue weighted by Gasteiger charge is -2.11. The molecule has 0 unspecified atom stereocenters. The summed E-state index contributed by atoms with van der Waals surface area (Å²) in [6.45, 7) is 2.30. The van der Waals surface area contributed by atoms with Crippen molar-refractivity contribution in [2.24, 2.45) is 0 Å². The first-order valence-electron chi connectivity index (χ1n) is 9.19. The molecule has 1 fully saturated rings. The number of pyridine rings is 1. The van der Waals surface area contributed by atoms with E-state index < -0.39 is 0 Å². The summed E-state index contributed by atoms with van der Waals surface area (Å²) in [5, 5.41) is 8.13. The molecule has 0 atom stereocenters. The molecule has 1 aliphatic carbocycles. The van der Waals surface area contributed by atoms with Gasteiger partial charge in [0.05, 0.1) is 30.3 Å². The number of hydrogen-bond acceptors (Lipinski definition) is 4. The highest BCUT2D eigenvalue weighted by Crippen LogP contribution is 2.42. The zero-order valence-electron chi connectivity index (χ0n) is 15.8. The van der Waals surface area contributed by atoms with Crippen molar-refractivity contribution in [1.82, 2.24) is 20.1 Å². The molecule has 28 heavy (non-hydrogen) atoms. The summed E-state index contributed by atoms with van der Waals surface area (Å²) < 4.78 is 7.08. The van der Waals surface area contributed by atoms with E-state index in [0.29, 0.717) is 28.9 Å². The van der Waals surface area contributed by atoms with Crippen LogP contribution in [0.15, 0.2) is 42.7 Å². The maximum atomic E-state index is 12.9. The Morgan fingerprint density at radius 3 is 2.89 bits per heavy atom. The molecule has 0 spiro atoms. The second-order valence-corrected chi connectivity index (χ2v) is 7.32. The Morgan fingerprint density at radius 2 is 2.18 bits per heavy atom. The fourth-order valence-electron chi connectivity index (χ4n) is 3.21. The third kappa shape index (κ3) is 3.60. The van der Waals surface area contributed by atoms with Gasteiger partial charge in [-0.25, -0.2) is 9.67 Å². The van der Waals surface area contributed by atoms with Crippen LogP contribution in [0.5, 0.6) is 5.88 Å². The fraction of sp³-hybridized carbons (Fsp3) is 0.286. The van der Waals surface area contributed by atoms with E-state index in [1.807, 2.05) is 41.9 Å². The minimum absolute atomic E-state index is 0.155. The zero-order valence-corrected chi connectivity index (χ0v) is 16.5. The number of ether oxygens (including phenoxy) is 1. The largest absolute Gasteiger partial charge is 0.481 e. The second-order valence-electron chi connectivity index (χ2n) is 6.92. The Kier molecular flexibility index (Phi) is 5.05. The van der Waals surface area contributed by atoms with E-state index in [9.17, 15) is 4.79 Å². The van der Waals surface area contributed by atoms with Crippen LogP contribution in [0.2, 0.25) is 5.02 Å². The van der Waals surface area contributed by atoms with Crippen molar-refractivity contribution in [2.45, 2.75) is 32.2 Å². The van der Waals surface area contributed by atoms with Gasteiger partial charge in [0.2, 0.25) is 5.88 Å². The van der Waals surface area contributed by atoms with Gasteiger partial charge in [-0.3, -0.25) is 4.79 Å². The molecular weight excluding hydrogens is 376 g/mol. The smallest absolute Gasteiger partial charge is 0.255 e. The highest BCUT2D eigenvalue weighted by atomic mass is 35.5. The summed E-state index contributed by atoms with van der Waals surface area (Å²) in [4.78, 5) is 17.0. The topological polar surface area (TPSA) is 69.0 Å². The zero-order chi connectivity index (χ0) is 19.7. The quantitative estimate of drug-likeness (QED) is 0.682. The minimum atomic E-state index is -0.155. The van der Waals surface area contributed by atoms with Gasteiger partial charge in [0.1, 0.15) is 0 Å². The molecule has 2 heterocycles. The van der Waals surface area contributed by atoms with E-state index in [2.05, 4.69) is 15.4 Å². The van der Waals surface area contributed by atoms with E-state index in [-0.39, 0.29) is 5.91 Å². The number of nitrogens with zero attached hydrogens (tertiary/aromatic N) is 3. The standard InChI is InChI=1S/C21H21ClN4O2/c1-13-5-8-16(10-18(13)22)26-19(14-6-7-14)17(12-25-26)20(27)24-11-15-4-3-9-23-21(15)28-2/h3-5,8-10,12,14H,6-7,11H2,1-2H3,(H,24,27). The average Bonchev–Trinajstić information content (AvgIpc) is 3.46. The molecule has 1 aromatic carbocycles. The fourth-order valence-corrected chi connectivity index (χ4v) is 3.39. The predicted octanol–water partition coefficient (Wildman–Crippen LogP) is 4.05. The van der Waals surface area contributed by atoms with Crippen molar-refractivity contribution in [3.8, 4) is 11.6 Å². The summed E-state index contributed by atoms with van der Waals surface area (Å²) in [5.41, 5.74) is 4.24. The van der Waals surface area contributed by atoms with Gasteiger partial charge in [0.15, 0.2) is 0 Å². The molecule has 3 aromatic rings. The third-order valence-electron chi connectivity index (χ3n) is 4.90.